The van der Waals surface area contributed by atoms with Gasteiger partial charge in [0.25, 0.3) is 5.91 Å². The smallest absolute Gasteiger partial charge is 0.255 e. The van der Waals surface area contributed by atoms with Crippen LogP contribution in [0.1, 0.15) is 54.4 Å². The molecule has 26 heavy (non-hydrogen) atoms. The van der Waals surface area contributed by atoms with Crippen LogP contribution in [0, 0.1) is 22.7 Å². The molecule has 1 aliphatic carbocycles. The Morgan fingerprint density at radius 1 is 1.19 bits per heavy atom. The maximum absolute atomic E-state index is 13.2. The fraction of sp³-hybridized carbons (Fsp3) is 0.571. The van der Waals surface area contributed by atoms with E-state index in [4.69, 9.17) is 0 Å². The van der Waals surface area contributed by atoms with E-state index < -0.39 is 5.41 Å². The second-order valence-electron chi connectivity index (χ2n) is 8.07. The van der Waals surface area contributed by atoms with Gasteiger partial charge in [0.15, 0.2) is 0 Å². The summed E-state index contributed by atoms with van der Waals surface area (Å²) in [5.41, 5.74) is 0.445. The molecule has 3 aliphatic rings. The fourth-order valence-electron chi connectivity index (χ4n) is 4.68. The summed E-state index contributed by atoms with van der Waals surface area (Å²) >= 11 is 0. The molecule has 1 aromatic rings. The highest BCUT2D eigenvalue weighted by molar-refractivity contribution is 5.97. The average Bonchev–Trinajstić information content (AvgIpc) is 3.06. The lowest BCUT2D eigenvalue weighted by atomic mass is 9.77. The Bertz CT molecular complexity index is 765. The van der Waals surface area contributed by atoms with Gasteiger partial charge in [-0.2, -0.15) is 5.26 Å². The second kappa shape index (κ2) is 6.75. The highest BCUT2D eigenvalue weighted by atomic mass is 16.2. The minimum atomic E-state index is -0.404. The fourth-order valence-corrected chi connectivity index (χ4v) is 4.68. The molecule has 2 aliphatic heterocycles. The number of carbonyl (C=O) groups excluding carboxylic acids is 2. The van der Waals surface area contributed by atoms with Crippen LogP contribution in [0.5, 0.6) is 0 Å². The highest BCUT2D eigenvalue weighted by Gasteiger charge is 2.49. The maximum Gasteiger partial charge on any atom is 0.255 e. The lowest BCUT2D eigenvalue weighted by molar-refractivity contribution is -0.146. The van der Waals surface area contributed by atoms with E-state index in [1.54, 1.807) is 29.2 Å². The Hall–Kier alpha value is -2.35. The van der Waals surface area contributed by atoms with E-state index in [9.17, 15) is 14.9 Å². The molecule has 5 nitrogen and oxygen atoms in total. The number of piperidine rings is 1. The molecule has 2 amide bonds. The van der Waals surface area contributed by atoms with Gasteiger partial charge in [-0.05, 0) is 50.2 Å². The van der Waals surface area contributed by atoms with Gasteiger partial charge in [0.2, 0.25) is 5.91 Å². The van der Waals surface area contributed by atoms with Crippen LogP contribution in [0.2, 0.25) is 0 Å². The van der Waals surface area contributed by atoms with Crippen molar-refractivity contribution in [2.75, 3.05) is 26.2 Å². The third kappa shape index (κ3) is 2.88. The molecule has 1 spiro atoms. The van der Waals surface area contributed by atoms with Gasteiger partial charge in [0, 0.05) is 26.2 Å². The lowest BCUT2D eigenvalue weighted by Gasteiger charge is -2.42. The number of rotatable bonds is 3. The summed E-state index contributed by atoms with van der Waals surface area (Å²) in [6.07, 6.45) is 6.41. The van der Waals surface area contributed by atoms with Crippen LogP contribution in [-0.4, -0.2) is 47.8 Å². The van der Waals surface area contributed by atoms with Crippen LogP contribution in [0.3, 0.4) is 0 Å². The van der Waals surface area contributed by atoms with Crippen LogP contribution in [0.4, 0.5) is 0 Å². The van der Waals surface area contributed by atoms with Crippen LogP contribution < -0.4 is 0 Å². The number of hydrogen-bond donors (Lipinski definition) is 0. The SMILES string of the molecule is N#Cc1ccccc1C(=O)N1CC[C@@]2(CCCN(CC3CCC3)C2=O)C1. The zero-order valence-electron chi connectivity index (χ0n) is 15.1. The summed E-state index contributed by atoms with van der Waals surface area (Å²) in [4.78, 5) is 30.0. The van der Waals surface area contributed by atoms with E-state index >= 15 is 0 Å². The van der Waals surface area contributed by atoms with Crippen molar-refractivity contribution in [3.05, 3.63) is 35.4 Å². The van der Waals surface area contributed by atoms with Gasteiger partial charge in [-0.25, -0.2) is 0 Å². The summed E-state index contributed by atoms with van der Waals surface area (Å²) in [7, 11) is 0. The molecule has 1 saturated carbocycles. The molecule has 0 radical (unpaired) electrons. The first-order valence-electron chi connectivity index (χ1n) is 9.71. The van der Waals surface area contributed by atoms with E-state index in [0.717, 1.165) is 32.4 Å². The molecule has 4 rings (SSSR count). The normalized spacial score (nSPS) is 26.0. The van der Waals surface area contributed by atoms with Crippen LogP contribution in [-0.2, 0) is 4.79 Å². The van der Waals surface area contributed by atoms with E-state index in [0.29, 0.717) is 30.1 Å². The van der Waals surface area contributed by atoms with Crippen molar-refractivity contribution >= 4 is 11.8 Å². The Morgan fingerprint density at radius 2 is 2.00 bits per heavy atom. The zero-order chi connectivity index (χ0) is 18.1. The molecule has 0 bridgehead atoms. The zero-order valence-corrected chi connectivity index (χ0v) is 15.1. The molecule has 3 fully saturated rings. The van der Waals surface area contributed by atoms with E-state index in [1.807, 2.05) is 0 Å². The largest absolute Gasteiger partial charge is 0.342 e. The Morgan fingerprint density at radius 3 is 2.73 bits per heavy atom. The molecule has 1 aromatic carbocycles. The predicted molar refractivity (Wildman–Crippen MR) is 97.3 cm³/mol. The first-order valence-corrected chi connectivity index (χ1v) is 9.71. The van der Waals surface area contributed by atoms with Crippen molar-refractivity contribution in [1.29, 1.82) is 5.26 Å². The maximum atomic E-state index is 13.2. The Labute approximate surface area is 154 Å². The third-order valence-corrected chi connectivity index (χ3v) is 6.45. The summed E-state index contributed by atoms with van der Waals surface area (Å²) in [6.45, 7) is 2.85. The second-order valence-corrected chi connectivity index (χ2v) is 8.07. The van der Waals surface area contributed by atoms with Gasteiger partial charge in [0.1, 0.15) is 0 Å². The molecule has 1 atom stereocenters. The standard InChI is InChI=1S/C21H25N3O2/c22-13-17-7-1-2-8-18(17)19(25)24-12-10-21(15-24)9-4-11-23(20(21)26)14-16-5-3-6-16/h1-2,7-8,16H,3-6,9-12,14-15H2/t21-/m0/s1. The number of likely N-dealkylation sites (tertiary alicyclic amines) is 2. The van der Waals surface area contributed by atoms with E-state index in [1.165, 1.54) is 19.3 Å². The number of benzene rings is 1. The van der Waals surface area contributed by atoms with E-state index in [-0.39, 0.29) is 11.8 Å². The number of carbonyl (C=O) groups is 2. The van der Waals surface area contributed by atoms with Crippen molar-refractivity contribution in [2.24, 2.45) is 11.3 Å². The molecule has 2 saturated heterocycles. The summed E-state index contributed by atoms with van der Waals surface area (Å²) in [6, 6.07) is 9.03. The monoisotopic (exact) mass is 351 g/mol. The minimum absolute atomic E-state index is 0.122. The third-order valence-electron chi connectivity index (χ3n) is 6.45. The lowest BCUT2D eigenvalue weighted by Crippen LogP contribution is -2.52. The number of hydrogen-bond acceptors (Lipinski definition) is 3. The predicted octanol–water partition coefficient (Wildman–Crippen LogP) is 2.81. The molecule has 0 unspecified atom stereocenters. The number of nitrogens with zero attached hydrogens (tertiary/aromatic N) is 3. The van der Waals surface area contributed by atoms with Crippen molar-refractivity contribution in [1.82, 2.24) is 9.80 Å². The van der Waals surface area contributed by atoms with Crippen LogP contribution >= 0.6 is 0 Å². The van der Waals surface area contributed by atoms with Crippen molar-refractivity contribution in [2.45, 2.75) is 38.5 Å². The first kappa shape index (κ1) is 17.1. The van der Waals surface area contributed by atoms with Crippen molar-refractivity contribution in [3.8, 4) is 6.07 Å². The van der Waals surface area contributed by atoms with Crippen molar-refractivity contribution < 1.29 is 9.59 Å². The molecular formula is C21H25N3O2. The van der Waals surface area contributed by atoms with Gasteiger partial charge in [-0.3, -0.25) is 9.59 Å². The van der Waals surface area contributed by atoms with Gasteiger partial charge < -0.3 is 9.80 Å². The molecule has 0 N–H and O–H groups in total. The number of amides is 2. The highest BCUT2D eigenvalue weighted by Crippen LogP contribution is 2.41. The molecule has 0 aromatic heterocycles. The summed E-state index contributed by atoms with van der Waals surface area (Å²) in [5, 5.41) is 9.26. The molecule has 5 heteroatoms. The van der Waals surface area contributed by atoms with E-state index in [2.05, 4.69) is 11.0 Å². The summed E-state index contributed by atoms with van der Waals surface area (Å²) in [5.74, 6) is 0.804. The van der Waals surface area contributed by atoms with Gasteiger partial charge in [0.05, 0.1) is 22.6 Å². The van der Waals surface area contributed by atoms with Gasteiger partial charge >= 0.3 is 0 Å². The Balaban J connectivity index is 1.49. The van der Waals surface area contributed by atoms with Crippen LogP contribution in [0.25, 0.3) is 0 Å². The van der Waals surface area contributed by atoms with Crippen LogP contribution in [0.15, 0.2) is 24.3 Å². The molecule has 136 valence electrons. The van der Waals surface area contributed by atoms with Gasteiger partial charge in [-0.15, -0.1) is 0 Å². The average molecular weight is 351 g/mol. The van der Waals surface area contributed by atoms with Gasteiger partial charge in [-0.1, -0.05) is 18.6 Å². The topological polar surface area (TPSA) is 64.4 Å². The molecule has 2 heterocycles. The minimum Gasteiger partial charge on any atom is -0.342 e. The van der Waals surface area contributed by atoms with Crippen molar-refractivity contribution in [3.63, 3.8) is 0 Å². The summed E-state index contributed by atoms with van der Waals surface area (Å²) < 4.78 is 0. The first-order chi connectivity index (χ1) is 12.6. The Kier molecular flexibility index (Phi) is 4.44. The number of nitriles is 1. The quantitative estimate of drug-likeness (QED) is 0.841. The molecular weight excluding hydrogens is 326 g/mol.